The Morgan fingerprint density at radius 2 is 1.97 bits per heavy atom. The number of nitrogens with zero attached hydrogens (tertiary/aromatic N) is 4. The average molecular weight is 445 g/mol. The third kappa shape index (κ3) is 4.59. The van der Waals surface area contributed by atoms with E-state index < -0.39 is 23.2 Å². The Kier molecular flexibility index (Phi) is 6.23. The van der Waals surface area contributed by atoms with Crippen molar-refractivity contribution in [3.63, 3.8) is 0 Å². The molecular formula is C18H16ClF3N4O2S. The number of aromatic nitrogens is 4. The first-order chi connectivity index (χ1) is 13.7. The molecule has 0 saturated heterocycles. The first-order valence-corrected chi connectivity index (χ1v) is 9.82. The molecule has 0 fully saturated rings. The molecule has 0 aliphatic rings. The predicted octanol–water partition coefficient (Wildman–Crippen LogP) is 4.33. The van der Waals surface area contributed by atoms with Gasteiger partial charge in [-0.25, -0.2) is 4.79 Å². The zero-order valence-electron chi connectivity index (χ0n) is 15.4. The van der Waals surface area contributed by atoms with Crippen molar-refractivity contribution < 1.29 is 17.9 Å². The molecule has 0 spiro atoms. The van der Waals surface area contributed by atoms with Gasteiger partial charge in [-0.05, 0) is 46.5 Å². The van der Waals surface area contributed by atoms with Gasteiger partial charge in [0, 0.05) is 22.5 Å². The molecule has 0 aliphatic heterocycles. The topological polar surface area (TPSA) is 61.9 Å². The highest BCUT2D eigenvalue weighted by atomic mass is 35.5. The fraction of sp³-hybridized carbons (Fsp3) is 0.278. The van der Waals surface area contributed by atoms with Gasteiger partial charge in [-0.3, -0.25) is 0 Å². The largest absolute Gasteiger partial charge is 0.488 e. The third-order valence-electron chi connectivity index (χ3n) is 3.98. The van der Waals surface area contributed by atoms with E-state index in [1.807, 2.05) is 6.92 Å². The Labute approximate surface area is 173 Å². The maximum absolute atomic E-state index is 13.3. The number of hydrogen-bond donors (Lipinski definition) is 0. The fourth-order valence-corrected chi connectivity index (χ4v) is 3.64. The molecule has 0 amide bonds. The van der Waals surface area contributed by atoms with Gasteiger partial charge in [0.25, 0.3) is 0 Å². The lowest BCUT2D eigenvalue weighted by Crippen LogP contribution is -2.23. The second kappa shape index (κ2) is 8.50. The fourth-order valence-electron chi connectivity index (χ4n) is 2.65. The van der Waals surface area contributed by atoms with Crippen molar-refractivity contribution in [2.75, 3.05) is 5.75 Å². The normalized spacial score (nSPS) is 11.7. The van der Waals surface area contributed by atoms with Crippen molar-refractivity contribution >= 4 is 23.4 Å². The lowest BCUT2D eigenvalue weighted by Gasteiger charge is -2.17. The van der Waals surface area contributed by atoms with E-state index in [0.717, 1.165) is 38.2 Å². The average Bonchev–Trinajstić information content (AvgIpc) is 2.98. The van der Waals surface area contributed by atoms with Crippen LogP contribution in [0.5, 0.6) is 5.75 Å². The molecule has 0 bridgehead atoms. The van der Waals surface area contributed by atoms with Crippen LogP contribution in [0, 0.1) is 0 Å². The summed E-state index contributed by atoms with van der Waals surface area (Å²) in [4.78, 5) is 13.0. The number of benzene rings is 2. The van der Waals surface area contributed by atoms with Crippen LogP contribution in [0.2, 0.25) is 5.02 Å². The van der Waals surface area contributed by atoms with E-state index in [1.54, 1.807) is 18.2 Å². The van der Waals surface area contributed by atoms with Gasteiger partial charge in [0.15, 0.2) is 0 Å². The van der Waals surface area contributed by atoms with Crippen LogP contribution >= 0.6 is 23.4 Å². The number of tetrazole rings is 1. The smallest absolute Gasteiger partial charge is 0.419 e. The molecule has 0 aliphatic carbocycles. The minimum atomic E-state index is -4.59. The SMILES string of the molecule is CCSc1cccc(-n2nnn(C)c2=O)c1COc1cc(Cl)ccc1C(F)(F)F. The highest BCUT2D eigenvalue weighted by Gasteiger charge is 2.34. The number of ether oxygens (including phenoxy) is 1. The molecule has 6 nitrogen and oxygen atoms in total. The Balaban J connectivity index is 2.05. The molecule has 154 valence electrons. The number of thioether (sulfide) groups is 1. The molecule has 0 N–H and O–H groups in total. The Morgan fingerprint density at radius 3 is 2.59 bits per heavy atom. The van der Waals surface area contributed by atoms with Crippen LogP contribution in [-0.4, -0.2) is 25.5 Å². The summed E-state index contributed by atoms with van der Waals surface area (Å²) in [7, 11) is 1.45. The van der Waals surface area contributed by atoms with Crippen LogP contribution in [0.25, 0.3) is 5.69 Å². The van der Waals surface area contributed by atoms with Gasteiger partial charge in [-0.15, -0.1) is 11.8 Å². The lowest BCUT2D eigenvalue weighted by atomic mass is 10.1. The second-order valence-electron chi connectivity index (χ2n) is 5.91. The molecule has 1 heterocycles. The van der Waals surface area contributed by atoms with Gasteiger partial charge in [-0.1, -0.05) is 24.6 Å². The van der Waals surface area contributed by atoms with E-state index >= 15 is 0 Å². The van der Waals surface area contributed by atoms with Crippen molar-refractivity contribution in [1.29, 1.82) is 0 Å². The van der Waals surface area contributed by atoms with Gasteiger partial charge in [0.2, 0.25) is 0 Å². The first-order valence-electron chi connectivity index (χ1n) is 8.46. The minimum absolute atomic E-state index is 0.120. The van der Waals surface area contributed by atoms with E-state index in [2.05, 4.69) is 10.4 Å². The summed E-state index contributed by atoms with van der Waals surface area (Å²) in [6, 6.07) is 8.32. The van der Waals surface area contributed by atoms with Crippen LogP contribution in [-0.2, 0) is 19.8 Å². The predicted molar refractivity (Wildman–Crippen MR) is 104 cm³/mol. The van der Waals surface area contributed by atoms with Crippen LogP contribution in [0.3, 0.4) is 0 Å². The molecular weight excluding hydrogens is 429 g/mol. The van der Waals surface area contributed by atoms with Crippen molar-refractivity contribution in [1.82, 2.24) is 19.8 Å². The Bertz CT molecular complexity index is 1080. The standard InChI is InChI=1S/C18H16ClF3N4O2S/c1-3-29-16-6-4-5-14(26-17(27)25(2)23-24-26)12(16)10-28-15-9-11(19)7-8-13(15)18(20,21)22/h4-9H,3,10H2,1-2H3. The van der Waals surface area contributed by atoms with Gasteiger partial charge in [0.05, 0.1) is 11.3 Å². The lowest BCUT2D eigenvalue weighted by molar-refractivity contribution is -0.139. The highest BCUT2D eigenvalue weighted by molar-refractivity contribution is 7.99. The number of alkyl halides is 3. The summed E-state index contributed by atoms with van der Waals surface area (Å²) in [5.74, 6) is 0.329. The number of rotatable bonds is 6. The zero-order valence-corrected chi connectivity index (χ0v) is 17.0. The van der Waals surface area contributed by atoms with Crippen LogP contribution in [0.1, 0.15) is 18.1 Å². The third-order valence-corrected chi connectivity index (χ3v) is 5.20. The van der Waals surface area contributed by atoms with Crippen LogP contribution in [0.4, 0.5) is 13.2 Å². The van der Waals surface area contributed by atoms with Crippen molar-refractivity contribution in [3.8, 4) is 11.4 Å². The highest BCUT2D eigenvalue weighted by Crippen LogP contribution is 2.38. The van der Waals surface area contributed by atoms with E-state index in [-0.39, 0.29) is 11.6 Å². The van der Waals surface area contributed by atoms with Crippen molar-refractivity contribution in [2.45, 2.75) is 24.6 Å². The summed E-state index contributed by atoms with van der Waals surface area (Å²) in [6.45, 7) is 1.72. The van der Waals surface area contributed by atoms with Gasteiger partial charge < -0.3 is 4.74 Å². The van der Waals surface area contributed by atoms with Crippen LogP contribution < -0.4 is 10.4 Å². The Hall–Kier alpha value is -2.46. The van der Waals surface area contributed by atoms with Crippen LogP contribution in [0.15, 0.2) is 46.1 Å². The number of aryl methyl sites for hydroxylation is 1. The van der Waals surface area contributed by atoms with Gasteiger partial charge in [-0.2, -0.15) is 22.5 Å². The molecule has 11 heteroatoms. The van der Waals surface area contributed by atoms with Crippen molar-refractivity contribution in [2.24, 2.45) is 7.05 Å². The molecule has 29 heavy (non-hydrogen) atoms. The number of halogens is 4. The summed E-state index contributed by atoms with van der Waals surface area (Å²) in [6.07, 6.45) is -4.59. The van der Waals surface area contributed by atoms with Gasteiger partial charge in [0.1, 0.15) is 12.4 Å². The summed E-state index contributed by atoms with van der Waals surface area (Å²) in [5, 5.41) is 7.63. The first kappa shape index (κ1) is 21.3. The second-order valence-corrected chi connectivity index (χ2v) is 7.65. The van der Waals surface area contributed by atoms with E-state index in [1.165, 1.54) is 18.8 Å². The van der Waals surface area contributed by atoms with E-state index in [0.29, 0.717) is 11.3 Å². The molecule has 3 aromatic rings. The number of hydrogen-bond acceptors (Lipinski definition) is 5. The molecule has 0 unspecified atom stereocenters. The zero-order chi connectivity index (χ0) is 21.2. The molecule has 0 atom stereocenters. The quantitative estimate of drug-likeness (QED) is 0.529. The maximum atomic E-state index is 13.3. The molecule has 0 radical (unpaired) electrons. The summed E-state index contributed by atoms with van der Waals surface area (Å²) in [5.41, 5.74) is -0.503. The minimum Gasteiger partial charge on any atom is -0.488 e. The Morgan fingerprint density at radius 1 is 1.21 bits per heavy atom. The molecule has 0 saturated carbocycles. The molecule has 1 aromatic heterocycles. The van der Waals surface area contributed by atoms with Gasteiger partial charge >= 0.3 is 11.9 Å². The maximum Gasteiger partial charge on any atom is 0.419 e. The van der Waals surface area contributed by atoms with Crippen molar-refractivity contribution in [3.05, 3.63) is 63.0 Å². The summed E-state index contributed by atoms with van der Waals surface area (Å²) >= 11 is 7.34. The summed E-state index contributed by atoms with van der Waals surface area (Å²) < 4.78 is 47.6. The van der Waals surface area contributed by atoms with E-state index in [4.69, 9.17) is 16.3 Å². The molecule has 2 aromatic carbocycles. The van der Waals surface area contributed by atoms with E-state index in [9.17, 15) is 18.0 Å². The molecule has 3 rings (SSSR count). The monoisotopic (exact) mass is 444 g/mol.